The van der Waals surface area contributed by atoms with Crippen molar-refractivity contribution in [1.29, 1.82) is 0 Å². The lowest BCUT2D eigenvalue weighted by Gasteiger charge is -2.22. The Bertz CT molecular complexity index is 1510. The predicted molar refractivity (Wildman–Crippen MR) is 148 cm³/mol. The van der Waals surface area contributed by atoms with Crippen molar-refractivity contribution in [3.05, 3.63) is 82.9 Å². The number of benzene rings is 3. The normalized spacial score (nSPS) is 11.7. The Morgan fingerprint density at radius 2 is 1.77 bits per heavy atom. The Labute approximate surface area is 232 Å². The number of hydrogen-bond acceptors (Lipinski definition) is 7. The van der Waals surface area contributed by atoms with Crippen molar-refractivity contribution in [2.45, 2.75) is 46.4 Å². The van der Waals surface area contributed by atoms with Crippen LogP contribution in [0, 0.1) is 18.6 Å². The summed E-state index contributed by atoms with van der Waals surface area (Å²) in [6, 6.07) is 15.8. The number of carbonyl (C=O) groups is 1. The first-order chi connectivity index (χ1) is 18.9. The molecule has 0 bridgehead atoms. The van der Waals surface area contributed by atoms with Crippen LogP contribution in [0.2, 0.25) is 0 Å². The highest BCUT2D eigenvalue weighted by atomic mass is 19.2. The van der Waals surface area contributed by atoms with Gasteiger partial charge in [-0.15, -0.1) is 0 Å². The van der Waals surface area contributed by atoms with Crippen LogP contribution in [-0.4, -0.2) is 47.3 Å². The molecule has 0 N–H and O–H groups in total. The van der Waals surface area contributed by atoms with E-state index in [1.807, 2.05) is 69.1 Å². The zero-order valence-electron chi connectivity index (χ0n) is 23.5. The Kier molecular flexibility index (Phi) is 8.76. The largest absolute Gasteiger partial charge is 0.459 e. The highest BCUT2D eigenvalue weighted by molar-refractivity contribution is 5.74. The van der Waals surface area contributed by atoms with Gasteiger partial charge in [0.15, 0.2) is 11.6 Å². The summed E-state index contributed by atoms with van der Waals surface area (Å²) < 4.78 is 44.3. The van der Waals surface area contributed by atoms with Crippen molar-refractivity contribution in [2.75, 3.05) is 20.7 Å². The van der Waals surface area contributed by atoms with Gasteiger partial charge in [-0.25, -0.2) is 8.78 Å². The van der Waals surface area contributed by atoms with E-state index in [1.165, 1.54) is 0 Å². The van der Waals surface area contributed by atoms with Crippen LogP contribution >= 0.6 is 0 Å². The molecule has 0 saturated carbocycles. The fourth-order valence-electron chi connectivity index (χ4n) is 4.44. The molecule has 0 aliphatic carbocycles. The third-order valence-electron chi connectivity index (χ3n) is 6.16. The van der Waals surface area contributed by atoms with Gasteiger partial charge in [-0.1, -0.05) is 35.5 Å². The average molecular weight is 550 g/mol. The second-order valence-electron chi connectivity index (χ2n) is 10.7. The van der Waals surface area contributed by atoms with E-state index in [1.54, 1.807) is 26.2 Å². The quantitative estimate of drug-likeness (QED) is 0.218. The van der Waals surface area contributed by atoms with Gasteiger partial charge in [0.05, 0.1) is 13.2 Å². The first-order valence-electron chi connectivity index (χ1n) is 12.9. The van der Waals surface area contributed by atoms with Crippen LogP contribution in [-0.2, 0) is 27.4 Å². The molecule has 0 unspecified atom stereocenters. The van der Waals surface area contributed by atoms with Crippen LogP contribution in [0.1, 0.15) is 37.5 Å². The van der Waals surface area contributed by atoms with Gasteiger partial charge < -0.3 is 14.0 Å². The zero-order chi connectivity index (χ0) is 29.0. The maximum atomic E-state index is 14.3. The Morgan fingerprint density at radius 1 is 1.02 bits per heavy atom. The molecule has 4 aromatic rings. The minimum Gasteiger partial charge on any atom is -0.459 e. The third kappa shape index (κ3) is 6.97. The first kappa shape index (κ1) is 29.0. The highest BCUT2D eigenvalue weighted by Crippen LogP contribution is 2.33. The molecule has 0 fully saturated rings. The summed E-state index contributed by atoms with van der Waals surface area (Å²) in [5, 5.41) is 4.17. The number of hydrogen-bond donors (Lipinski definition) is 0. The van der Waals surface area contributed by atoms with Gasteiger partial charge in [0.1, 0.15) is 5.60 Å². The number of esters is 1. The topological polar surface area (TPSA) is 77.7 Å². The maximum absolute atomic E-state index is 14.3. The van der Waals surface area contributed by atoms with Crippen LogP contribution in [0.15, 0.2) is 59.1 Å². The molecule has 0 radical (unpaired) electrons. The SMILES string of the molecule is COCc1cc(-c2nc(-c3cccc(CN(C)CC(=O)OC(C)(C)C)c3)no2)ccc1-c1ccc(F)c(F)c1C. The van der Waals surface area contributed by atoms with E-state index >= 15 is 0 Å². The van der Waals surface area contributed by atoms with Crippen molar-refractivity contribution >= 4 is 5.97 Å². The summed E-state index contributed by atoms with van der Waals surface area (Å²) >= 11 is 0. The van der Waals surface area contributed by atoms with Gasteiger partial charge in [-0.05, 0) is 86.8 Å². The number of nitrogens with zero attached hydrogens (tertiary/aromatic N) is 3. The molecule has 9 heteroatoms. The molecule has 210 valence electrons. The molecular formula is C31H33F2N3O4. The second-order valence-corrected chi connectivity index (χ2v) is 10.7. The zero-order valence-corrected chi connectivity index (χ0v) is 23.5. The van der Waals surface area contributed by atoms with E-state index < -0.39 is 17.2 Å². The minimum atomic E-state index is -0.886. The smallest absolute Gasteiger partial charge is 0.320 e. The van der Waals surface area contributed by atoms with Crippen molar-refractivity contribution in [3.63, 3.8) is 0 Å². The van der Waals surface area contributed by atoms with E-state index in [4.69, 9.17) is 14.0 Å². The van der Waals surface area contributed by atoms with Gasteiger partial charge in [0.2, 0.25) is 5.82 Å². The molecule has 40 heavy (non-hydrogen) atoms. The standard InChI is InChI=1S/C31H33F2N3O4/c1-19-24(12-13-26(32)28(19)33)25-11-10-22(15-23(25)18-38-6)30-34-29(35-40-30)21-9-7-8-20(14-21)16-36(5)17-27(37)39-31(2,3)4/h7-15H,16-18H2,1-6H3. The molecule has 0 spiro atoms. The Morgan fingerprint density at radius 3 is 2.50 bits per heavy atom. The third-order valence-corrected chi connectivity index (χ3v) is 6.16. The van der Waals surface area contributed by atoms with Crippen LogP contribution in [0.25, 0.3) is 34.0 Å². The lowest BCUT2D eigenvalue weighted by atomic mass is 9.94. The summed E-state index contributed by atoms with van der Waals surface area (Å²) in [7, 11) is 3.42. The van der Waals surface area contributed by atoms with Crippen LogP contribution in [0.4, 0.5) is 8.78 Å². The minimum absolute atomic E-state index is 0.164. The van der Waals surface area contributed by atoms with Crippen molar-refractivity contribution in [3.8, 4) is 34.0 Å². The van der Waals surface area contributed by atoms with Gasteiger partial charge in [-0.3, -0.25) is 9.69 Å². The molecular weight excluding hydrogens is 516 g/mol. The molecule has 1 heterocycles. The summed E-state index contributed by atoms with van der Waals surface area (Å²) in [6.07, 6.45) is 0. The summed E-state index contributed by atoms with van der Waals surface area (Å²) in [5.41, 5.74) is 4.18. The van der Waals surface area contributed by atoms with E-state index in [0.717, 1.165) is 28.3 Å². The number of likely N-dealkylation sites (N-methyl/N-ethyl adjacent to an activating group) is 1. The van der Waals surface area contributed by atoms with Gasteiger partial charge in [0.25, 0.3) is 5.89 Å². The summed E-state index contributed by atoms with van der Waals surface area (Å²) in [4.78, 5) is 18.6. The first-order valence-corrected chi connectivity index (χ1v) is 12.9. The molecule has 3 aromatic carbocycles. The fourth-order valence-corrected chi connectivity index (χ4v) is 4.44. The molecule has 4 rings (SSSR count). The van der Waals surface area contributed by atoms with Crippen LogP contribution < -0.4 is 0 Å². The number of aromatic nitrogens is 2. The number of rotatable bonds is 9. The summed E-state index contributed by atoms with van der Waals surface area (Å²) in [5.74, 6) is -1.31. The Balaban J connectivity index is 1.55. The molecule has 0 atom stereocenters. The van der Waals surface area contributed by atoms with Crippen molar-refractivity contribution in [2.24, 2.45) is 0 Å². The average Bonchev–Trinajstić information content (AvgIpc) is 3.37. The molecule has 0 aliphatic heterocycles. The number of ether oxygens (including phenoxy) is 2. The molecule has 0 amide bonds. The van der Waals surface area contributed by atoms with Crippen LogP contribution in [0.5, 0.6) is 0 Å². The number of methoxy groups -OCH3 is 1. The number of carbonyl (C=O) groups excluding carboxylic acids is 1. The molecule has 0 saturated heterocycles. The van der Waals surface area contributed by atoms with Gasteiger partial charge in [-0.2, -0.15) is 4.98 Å². The lowest BCUT2D eigenvalue weighted by Crippen LogP contribution is -2.32. The maximum Gasteiger partial charge on any atom is 0.320 e. The second kappa shape index (κ2) is 12.1. The van der Waals surface area contributed by atoms with Crippen molar-refractivity contribution < 1.29 is 27.6 Å². The summed E-state index contributed by atoms with van der Waals surface area (Å²) in [6.45, 7) is 8.02. The van der Waals surface area contributed by atoms with Gasteiger partial charge in [0, 0.05) is 24.8 Å². The van der Waals surface area contributed by atoms with Crippen LogP contribution in [0.3, 0.4) is 0 Å². The Hall–Kier alpha value is -3.95. The van der Waals surface area contributed by atoms with E-state index in [-0.39, 0.29) is 24.7 Å². The highest BCUT2D eigenvalue weighted by Gasteiger charge is 2.19. The number of halogens is 2. The van der Waals surface area contributed by atoms with Gasteiger partial charge >= 0.3 is 5.97 Å². The molecule has 1 aromatic heterocycles. The van der Waals surface area contributed by atoms with E-state index in [0.29, 0.717) is 29.4 Å². The molecule has 7 nitrogen and oxygen atoms in total. The predicted octanol–water partition coefficient (Wildman–Crippen LogP) is 6.58. The van der Waals surface area contributed by atoms with E-state index in [9.17, 15) is 13.6 Å². The lowest BCUT2D eigenvalue weighted by molar-refractivity contribution is -0.155. The fraction of sp³-hybridized carbons (Fsp3) is 0.323. The van der Waals surface area contributed by atoms with E-state index in [2.05, 4.69) is 10.1 Å². The molecule has 0 aliphatic rings. The van der Waals surface area contributed by atoms with Crippen molar-refractivity contribution in [1.82, 2.24) is 15.0 Å². The monoisotopic (exact) mass is 549 g/mol.